The van der Waals surface area contributed by atoms with Gasteiger partial charge in [-0.2, -0.15) is 0 Å². The van der Waals surface area contributed by atoms with Gasteiger partial charge in [-0.25, -0.2) is 0 Å². The Morgan fingerprint density at radius 3 is 2.59 bits per heavy atom. The van der Waals surface area contributed by atoms with E-state index in [0.717, 1.165) is 25.2 Å². The van der Waals surface area contributed by atoms with Crippen LogP contribution in [0.15, 0.2) is 45.9 Å². The minimum atomic E-state index is -0.0493. The zero-order chi connectivity index (χ0) is 15.5. The van der Waals surface area contributed by atoms with Gasteiger partial charge in [0, 0.05) is 52.0 Å². The molecule has 3 rings (SSSR count). The van der Waals surface area contributed by atoms with Gasteiger partial charge in [0.2, 0.25) is 5.56 Å². The van der Waals surface area contributed by atoms with Crippen molar-refractivity contribution in [2.45, 2.75) is 6.54 Å². The Balaban J connectivity index is 1.56. The highest BCUT2D eigenvalue weighted by Crippen LogP contribution is 2.11. The van der Waals surface area contributed by atoms with Crippen molar-refractivity contribution in [2.75, 3.05) is 26.2 Å². The van der Waals surface area contributed by atoms with E-state index in [0.29, 0.717) is 18.8 Å². The van der Waals surface area contributed by atoms with E-state index in [9.17, 15) is 9.59 Å². The van der Waals surface area contributed by atoms with Gasteiger partial charge < -0.3 is 13.9 Å². The van der Waals surface area contributed by atoms with Crippen molar-refractivity contribution in [2.24, 2.45) is 7.05 Å². The number of hydrogen-bond acceptors (Lipinski definition) is 4. The smallest absolute Gasteiger partial charge is 0.289 e. The molecule has 1 aliphatic rings. The molecule has 0 bridgehead atoms. The number of amides is 1. The number of hydrogen-bond donors (Lipinski definition) is 0. The van der Waals surface area contributed by atoms with Crippen LogP contribution < -0.4 is 5.56 Å². The first-order chi connectivity index (χ1) is 10.6. The van der Waals surface area contributed by atoms with Gasteiger partial charge in [0.15, 0.2) is 5.76 Å². The maximum absolute atomic E-state index is 12.2. The number of rotatable bonds is 3. The number of carbonyl (C=O) groups excluding carboxylic acids is 1. The highest BCUT2D eigenvalue weighted by Gasteiger charge is 2.23. The highest BCUT2D eigenvalue weighted by atomic mass is 16.3. The second kappa shape index (κ2) is 6.19. The van der Waals surface area contributed by atoms with Crippen molar-refractivity contribution in [3.8, 4) is 0 Å². The van der Waals surface area contributed by atoms with Crippen LogP contribution in [0.3, 0.4) is 0 Å². The summed E-state index contributed by atoms with van der Waals surface area (Å²) in [6.07, 6.45) is 3.38. The van der Waals surface area contributed by atoms with Gasteiger partial charge in [-0.1, -0.05) is 6.07 Å². The molecule has 1 saturated heterocycles. The van der Waals surface area contributed by atoms with Gasteiger partial charge in [0.05, 0.1) is 6.26 Å². The molecule has 0 saturated carbocycles. The molecule has 0 unspecified atom stereocenters. The molecule has 6 nitrogen and oxygen atoms in total. The highest BCUT2D eigenvalue weighted by molar-refractivity contribution is 5.91. The Kier molecular flexibility index (Phi) is 4.11. The van der Waals surface area contributed by atoms with Crippen molar-refractivity contribution < 1.29 is 9.21 Å². The number of nitrogens with zero attached hydrogens (tertiary/aromatic N) is 3. The van der Waals surface area contributed by atoms with Crippen LogP contribution >= 0.6 is 0 Å². The lowest BCUT2D eigenvalue weighted by Gasteiger charge is -2.34. The maximum atomic E-state index is 12.2. The first-order valence-electron chi connectivity index (χ1n) is 7.34. The van der Waals surface area contributed by atoms with Gasteiger partial charge in [-0.3, -0.25) is 14.5 Å². The minimum absolute atomic E-state index is 0.00221. The SMILES string of the molecule is Cn1cc(CN2CCN(C(=O)c3ccco3)CC2)ccc1=O. The van der Waals surface area contributed by atoms with E-state index in [-0.39, 0.29) is 11.5 Å². The van der Waals surface area contributed by atoms with Crippen molar-refractivity contribution in [1.29, 1.82) is 0 Å². The summed E-state index contributed by atoms with van der Waals surface area (Å²) in [5.41, 5.74) is 1.10. The van der Waals surface area contributed by atoms with Gasteiger partial charge in [0.25, 0.3) is 5.91 Å². The Morgan fingerprint density at radius 2 is 1.95 bits per heavy atom. The standard InChI is InChI=1S/C16H19N3O3/c1-17-11-13(4-5-15(17)20)12-18-6-8-19(9-7-18)16(21)14-3-2-10-22-14/h2-5,10-11H,6-9,12H2,1H3. The molecule has 0 spiro atoms. The lowest BCUT2D eigenvalue weighted by atomic mass is 10.2. The van der Waals surface area contributed by atoms with Crippen LogP contribution in [0.25, 0.3) is 0 Å². The lowest BCUT2D eigenvalue weighted by Crippen LogP contribution is -2.48. The van der Waals surface area contributed by atoms with Crippen molar-refractivity contribution in [1.82, 2.24) is 14.4 Å². The Bertz CT molecular complexity index is 698. The van der Waals surface area contributed by atoms with E-state index < -0.39 is 0 Å². The summed E-state index contributed by atoms with van der Waals surface area (Å²) in [7, 11) is 1.76. The van der Waals surface area contributed by atoms with Gasteiger partial charge in [-0.15, -0.1) is 0 Å². The van der Waals surface area contributed by atoms with Crippen LogP contribution in [0.5, 0.6) is 0 Å². The molecule has 0 N–H and O–H groups in total. The largest absolute Gasteiger partial charge is 0.459 e. The Morgan fingerprint density at radius 1 is 1.18 bits per heavy atom. The van der Waals surface area contributed by atoms with Gasteiger partial charge >= 0.3 is 0 Å². The second-order valence-corrected chi connectivity index (χ2v) is 5.53. The average molecular weight is 301 g/mol. The number of aromatic nitrogens is 1. The summed E-state index contributed by atoms with van der Waals surface area (Å²) in [6, 6.07) is 6.87. The normalized spacial score (nSPS) is 16.0. The Hall–Kier alpha value is -2.34. The van der Waals surface area contributed by atoms with Crippen LogP contribution in [-0.4, -0.2) is 46.5 Å². The van der Waals surface area contributed by atoms with Gasteiger partial charge in [-0.05, 0) is 17.7 Å². The molecule has 3 heterocycles. The summed E-state index contributed by atoms with van der Waals surface area (Å²) >= 11 is 0. The molecule has 2 aromatic rings. The zero-order valence-corrected chi connectivity index (χ0v) is 12.6. The predicted molar refractivity (Wildman–Crippen MR) is 81.6 cm³/mol. The monoisotopic (exact) mass is 301 g/mol. The quantitative estimate of drug-likeness (QED) is 0.846. The molecular formula is C16H19N3O3. The fourth-order valence-corrected chi connectivity index (χ4v) is 2.67. The number of furan rings is 1. The number of piperazine rings is 1. The third-order valence-electron chi connectivity index (χ3n) is 3.94. The van der Waals surface area contributed by atoms with E-state index in [4.69, 9.17) is 4.42 Å². The molecule has 22 heavy (non-hydrogen) atoms. The fourth-order valence-electron chi connectivity index (χ4n) is 2.67. The number of aryl methyl sites for hydroxylation is 1. The summed E-state index contributed by atoms with van der Waals surface area (Å²) in [5, 5.41) is 0. The lowest BCUT2D eigenvalue weighted by molar-refractivity contribution is 0.0597. The molecule has 6 heteroatoms. The van der Waals surface area contributed by atoms with E-state index in [1.165, 1.54) is 6.26 Å². The molecular weight excluding hydrogens is 282 g/mol. The zero-order valence-electron chi connectivity index (χ0n) is 12.6. The first-order valence-corrected chi connectivity index (χ1v) is 7.34. The topological polar surface area (TPSA) is 58.7 Å². The van der Waals surface area contributed by atoms with Crippen molar-refractivity contribution in [3.63, 3.8) is 0 Å². The second-order valence-electron chi connectivity index (χ2n) is 5.53. The molecule has 0 aliphatic carbocycles. The summed E-state index contributed by atoms with van der Waals surface area (Å²) in [4.78, 5) is 27.7. The van der Waals surface area contributed by atoms with E-state index >= 15 is 0 Å². The number of pyridine rings is 1. The van der Waals surface area contributed by atoms with E-state index in [1.54, 1.807) is 29.8 Å². The summed E-state index contributed by atoms with van der Waals surface area (Å²) in [5.74, 6) is 0.346. The Labute approximate surface area is 128 Å². The van der Waals surface area contributed by atoms with Gasteiger partial charge in [0.1, 0.15) is 0 Å². The van der Waals surface area contributed by atoms with E-state index in [1.807, 2.05) is 17.2 Å². The molecule has 0 radical (unpaired) electrons. The molecule has 2 aromatic heterocycles. The number of carbonyl (C=O) groups is 1. The van der Waals surface area contributed by atoms with Crippen molar-refractivity contribution >= 4 is 5.91 Å². The summed E-state index contributed by atoms with van der Waals surface area (Å²) < 4.78 is 6.75. The van der Waals surface area contributed by atoms with Crippen LogP contribution in [0.4, 0.5) is 0 Å². The van der Waals surface area contributed by atoms with Crippen LogP contribution in [-0.2, 0) is 13.6 Å². The molecule has 116 valence electrons. The maximum Gasteiger partial charge on any atom is 0.289 e. The molecule has 1 aliphatic heterocycles. The molecule has 1 amide bonds. The van der Waals surface area contributed by atoms with Crippen LogP contribution in [0.2, 0.25) is 0 Å². The first kappa shape index (κ1) is 14.6. The summed E-state index contributed by atoms with van der Waals surface area (Å²) in [6.45, 7) is 3.79. The molecule has 0 atom stereocenters. The van der Waals surface area contributed by atoms with Crippen LogP contribution in [0.1, 0.15) is 16.1 Å². The third-order valence-corrected chi connectivity index (χ3v) is 3.94. The molecule has 1 fully saturated rings. The van der Waals surface area contributed by atoms with Crippen LogP contribution in [0, 0.1) is 0 Å². The minimum Gasteiger partial charge on any atom is -0.459 e. The van der Waals surface area contributed by atoms with E-state index in [2.05, 4.69) is 4.90 Å². The fraction of sp³-hybridized carbons (Fsp3) is 0.375. The average Bonchev–Trinajstić information content (AvgIpc) is 3.05. The third kappa shape index (κ3) is 3.12. The molecule has 0 aromatic carbocycles. The predicted octanol–water partition coefficient (Wildman–Crippen LogP) is 0.936. The van der Waals surface area contributed by atoms with Crippen molar-refractivity contribution in [3.05, 3.63) is 58.4 Å².